The first-order chi connectivity index (χ1) is 9.81. The Morgan fingerprint density at radius 3 is 2.75 bits per heavy atom. The molecule has 0 saturated heterocycles. The van der Waals surface area contributed by atoms with E-state index in [0.717, 1.165) is 29.9 Å². The quantitative estimate of drug-likeness (QED) is 0.908. The minimum absolute atomic E-state index is 0.772. The molecule has 1 heterocycles. The molecule has 0 fully saturated rings. The van der Waals surface area contributed by atoms with Crippen molar-refractivity contribution in [3.05, 3.63) is 64.1 Å². The van der Waals surface area contributed by atoms with Crippen LogP contribution in [0.5, 0.6) is 5.75 Å². The minimum atomic E-state index is 0.772. The van der Waals surface area contributed by atoms with Crippen molar-refractivity contribution in [3.63, 3.8) is 0 Å². The zero-order chi connectivity index (χ0) is 13.8. The Hall–Kier alpha value is -1.32. The second-order valence-electron chi connectivity index (χ2n) is 5.25. The average Bonchev–Trinajstić information content (AvgIpc) is 2.47. The summed E-state index contributed by atoms with van der Waals surface area (Å²) >= 11 is 3.46. The van der Waals surface area contributed by atoms with Crippen LogP contribution in [0.25, 0.3) is 0 Å². The molecule has 1 N–H and O–H groups in total. The third-order valence-electron chi connectivity index (χ3n) is 3.83. The first-order valence-electron chi connectivity index (χ1n) is 7.10. The molecule has 20 heavy (non-hydrogen) atoms. The van der Waals surface area contributed by atoms with Crippen LogP contribution < -0.4 is 9.64 Å². The molecule has 1 unspecified atom stereocenters. The molecule has 3 heteroatoms. The first-order valence-corrected chi connectivity index (χ1v) is 7.89. The van der Waals surface area contributed by atoms with Gasteiger partial charge in [-0.15, -0.1) is 0 Å². The van der Waals surface area contributed by atoms with Crippen LogP contribution in [0.1, 0.15) is 11.1 Å². The first kappa shape index (κ1) is 13.7. The second kappa shape index (κ2) is 6.42. The van der Waals surface area contributed by atoms with E-state index in [9.17, 15) is 0 Å². The Morgan fingerprint density at radius 2 is 1.90 bits per heavy atom. The standard InChI is InChI=1S/C17H18BrNO/c18-16-6-3-7-17(12-16)20-11-10-19-9-8-14-4-1-2-5-15(14)13-19/h1-7,12H,8-11,13H2/p+1. The Balaban J connectivity index is 1.51. The highest BCUT2D eigenvalue weighted by Gasteiger charge is 2.18. The molecular formula is C17H19BrNO+. The van der Waals surface area contributed by atoms with E-state index in [1.54, 1.807) is 4.90 Å². The monoisotopic (exact) mass is 332 g/mol. The van der Waals surface area contributed by atoms with Crippen LogP contribution in [0, 0.1) is 0 Å². The van der Waals surface area contributed by atoms with Crippen molar-refractivity contribution < 1.29 is 9.64 Å². The Labute approximate surface area is 128 Å². The van der Waals surface area contributed by atoms with Crippen molar-refractivity contribution in [2.24, 2.45) is 0 Å². The number of ether oxygens (including phenoxy) is 1. The lowest BCUT2D eigenvalue weighted by atomic mass is 10.0. The molecule has 0 radical (unpaired) electrons. The number of halogens is 1. The van der Waals surface area contributed by atoms with E-state index in [1.807, 2.05) is 24.3 Å². The van der Waals surface area contributed by atoms with Crippen LogP contribution >= 0.6 is 15.9 Å². The fourth-order valence-electron chi connectivity index (χ4n) is 2.73. The van der Waals surface area contributed by atoms with E-state index >= 15 is 0 Å². The topological polar surface area (TPSA) is 13.7 Å². The predicted octanol–water partition coefficient (Wildman–Crippen LogP) is 2.47. The molecule has 1 atom stereocenters. The van der Waals surface area contributed by atoms with Gasteiger partial charge in [0.25, 0.3) is 0 Å². The number of quaternary nitrogens is 1. The van der Waals surface area contributed by atoms with Gasteiger partial charge in [0, 0.05) is 16.5 Å². The van der Waals surface area contributed by atoms with E-state index < -0.39 is 0 Å². The van der Waals surface area contributed by atoms with Crippen molar-refractivity contribution >= 4 is 15.9 Å². The maximum Gasteiger partial charge on any atom is 0.137 e. The van der Waals surface area contributed by atoms with E-state index in [1.165, 1.54) is 24.1 Å². The van der Waals surface area contributed by atoms with Crippen LogP contribution in [-0.2, 0) is 13.0 Å². The summed E-state index contributed by atoms with van der Waals surface area (Å²) in [6, 6.07) is 16.8. The third-order valence-corrected chi connectivity index (χ3v) is 4.32. The lowest BCUT2D eigenvalue weighted by Crippen LogP contribution is -3.12. The molecular weight excluding hydrogens is 314 g/mol. The Kier molecular flexibility index (Phi) is 4.38. The maximum atomic E-state index is 5.83. The summed E-state index contributed by atoms with van der Waals surface area (Å²) in [5.41, 5.74) is 3.01. The van der Waals surface area contributed by atoms with Gasteiger partial charge in [0.15, 0.2) is 0 Å². The summed E-state index contributed by atoms with van der Waals surface area (Å²) in [5.74, 6) is 0.941. The fourth-order valence-corrected chi connectivity index (χ4v) is 3.10. The van der Waals surface area contributed by atoms with Gasteiger partial charge in [-0.05, 0) is 23.8 Å². The highest BCUT2D eigenvalue weighted by Crippen LogP contribution is 2.17. The fraction of sp³-hybridized carbons (Fsp3) is 0.294. The Morgan fingerprint density at radius 1 is 1.05 bits per heavy atom. The number of rotatable bonds is 4. The average molecular weight is 333 g/mol. The maximum absolute atomic E-state index is 5.83. The van der Waals surface area contributed by atoms with Crippen LogP contribution in [0.2, 0.25) is 0 Å². The number of fused-ring (bicyclic) bond motifs is 1. The van der Waals surface area contributed by atoms with Crippen LogP contribution in [0.4, 0.5) is 0 Å². The van der Waals surface area contributed by atoms with Gasteiger partial charge >= 0.3 is 0 Å². The van der Waals surface area contributed by atoms with Crippen LogP contribution in [-0.4, -0.2) is 19.7 Å². The molecule has 0 bridgehead atoms. The Bertz CT molecular complexity index is 585. The van der Waals surface area contributed by atoms with Crippen LogP contribution in [0.15, 0.2) is 53.0 Å². The molecule has 0 spiro atoms. The summed E-state index contributed by atoms with van der Waals surface area (Å²) in [6.07, 6.45) is 1.18. The van der Waals surface area contributed by atoms with Gasteiger partial charge in [-0.3, -0.25) is 0 Å². The van der Waals surface area contributed by atoms with Crippen molar-refractivity contribution in [3.8, 4) is 5.75 Å². The summed E-state index contributed by atoms with van der Waals surface area (Å²) < 4.78 is 6.89. The zero-order valence-electron chi connectivity index (χ0n) is 11.4. The van der Waals surface area contributed by atoms with E-state index in [4.69, 9.17) is 4.74 Å². The van der Waals surface area contributed by atoms with Gasteiger partial charge < -0.3 is 9.64 Å². The van der Waals surface area contributed by atoms with Gasteiger partial charge in [0.1, 0.15) is 25.4 Å². The normalized spacial score (nSPS) is 17.6. The molecule has 2 nitrogen and oxygen atoms in total. The molecule has 0 saturated carbocycles. The van der Waals surface area contributed by atoms with Gasteiger partial charge in [-0.1, -0.05) is 46.3 Å². The summed E-state index contributed by atoms with van der Waals surface area (Å²) in [4.78, 5) is 1.61. The van der Waals surface area contributed by atoms with Gasteiger partial charge in [0.05, 0.1) is 6.54 Å². The lowest BCUT2D eigenvalue weighted by molar-refractivity contribution is -0.915. The summed E-state index contributed by atoms with van der Waals surface area (Å²) in [6.45, 7) is 4.16. The van der Waals surface area contributed by atoms with Gasteiger partial charge in [-0.25, -0.2) is 0 Å². The van der Waals surface area contributed by atoms with Crippen molar-refractivity contribution in [2.45, 2.75) is 13.0 Å². The molecule has 0 aliphatic carbocycles. The van der Waals surface area contributed by atoms with E-state index in [-0.39, 0.29) is 0 Å². The molecule has 0 amide bonds. The largest absolute Gasteiger partial charge is 0.488 e. The van der Waals surface area contributed by atoms with E-state index in [2.05, 4.69) is 40.2 Å². The zero-order valence-corrected chi connectivity index (χ0v) is 13.0. The highest BCUT2D eigenvalue weighted by atomic mass is 79.9. The predicted molar refractivity (Wildman–Crippen MR) is 84.2 cm³/mol. The molecule has 2 aromatic carbocycles. The molecule has 104 valence electrons. The molecule has 3 rings (SSSR count). The minimum Gasteiger partial charge on any atom is -0.488 e. The molecule has 1 aliphatic rings. The SMILES string of the molecule is Brc1cccc(OCC[NH+]2CCc3ccccc3C2)c1. The smallest absolute Gasteiger partial charge is 0.137 e. The number of hydrogen-bond acceptors (Lipinski definition) is 1. The molecule has 0 aromatic heterocycles. The summed E-state index contributed by atoms with van der Waals surface area (Å²) in [5, 5.41) is 0. The molecule has 1 aliphatic heterocycles. The summed E-state index contributed by atoms with van der Waals surface area (Å²) in [7, 11) is 0. The van der Waals surface area contributed by atoms with Crippen molar-refractivity contribution in [1.29, 1.82) is 0 Å². The van der Waals surface area contributed by atoms with Gasteiger partial charge in [-0.2, -0.15) is 0 Å². The highest BCUT2D eigenvalue weighted by molar-refractivity contribution is 9.10. The molecule has 2 aromatic rings. The second-order valence-corrected chi connectivity index (χ2v) is 6.17. The number of hydrogen-bond donors (Lipinski definition) is 1. The number of nitrogens with one attached hydrogen (secondary N) is 1. The van der Waals surface area contributed by atoms with Gasteiger partial charge in [0.2, 0.25) is 0 Å². The lowest BCUT2D eigenvalue weighted by Gasteiger charge is -2.25. The van der Waals surface area contributed by atoms with Crippen molar-refractivity contribution in [2.75, 3.05) is 19.7 Å². The van der Waals surface area contributed by atoms with Crippen molar-refractivity contribution in [1.82, 2.24) is 0 Å². The van der Waals surface area contributed by atoms with E-state index in [0.29, 0.717) is 0 Å². The third kappa shape index (κ3) is 3.41. The van der Waals surface area contributed by atoms with Crippen LogP contribution in [0.3, 0.4) is 0 Å². The number of benzene rings is 2.